The zero-order valence-electron chi connectivity index (χ0n) is 9.95. The normalized spacial score (nSPS) is 14.1. The molecule has 4 nitrogen and oxygen atoms in total. The summed E-state index contributed by atoms with van der Waals surface area (Å²) in [5, 5.41) is 3.13. The van der Waals surface area contributed by atoms with Crippen LogP contribution in [0.25, 0.3) is 0 Å². The SMILES string of the molecule is CCCS(=O)(=O)CCNCC(C)COC. The van der Waals surface area contributed by atoms with Crippen LogP contribution in [0.3, 0.4) is 0 Å². The third-order valence-electron chi connectivity index (χ3n) is 2.05. The van der Waals surface area contributed by atoms with Gasteiger partial charge in [0.1, 0.15) is 0 Å². The summed E-state index contributed by atoms with van der Waals surface area (Å²) in [6.07, 6.45) is 0.697. The fraction of sp³-hybridized carbons (Fsp3) is 1.00. The van der Waals surface area contributed by atoms with E-state index < -0.39 is 9.84 Å². The highest BCUT2D eigenvalue weighted by Crippen LogP contribution is 1.94. The van der Waals surface area contributed by atoms with Crippen LogP contribution >= 0.6 is 0 Å². The number of rotatable bonds is 9. The molecule has 0 aliphatic heterocycles. The molecule has 0 aromatic carbocycles. The second-order valence-corrected chi connectivity index (χ2v) is 6.22. The maximum atomic E-state index is 11.3. The minimum atomic E-state index is -2.84. The quantitative estimate of drug-likeness (QED) is 0.599. The van der Waals surface area contributed by atoms with E-state index in [1.807, 2.05) is 6.92 Å². The van der Waals surface area contributed by atoms with Gasteiger partial charge >= 0.3 is 0 Å². The molecule has 0 rings (SSSR count). The second kappa shape index (κ2) is 8.07. The molecule has 0 radical (unpaired) electrons. The Morgan fingerprint density at radius 3 is 2.53 bits per heavy atom. The Balaban J connectivity index is 3.54. The third kappa shape index (κ3) is 8.84. The van der Waals surface area contributed by atoms with Crippen LogP contribution in [0, 0.1) is 5.92 Å². The highest BCUT2D eigenvalue weighted by atomic mass is 32.2. The van der Waals surface area contributed by atoms with E-state index in [2.05, 4.69) is 12.2 Å². The maximum Gasteiger partial charge on any atom is 0.151 e. The lowest BCUT2D eigenvalue weighted by atomic mass is 10.2. The van der Waals surface area contributed by atoms with E-state index in [-0.39, 0.29) is 5.75 Å². The number of hydrogen-bond donors (Lipinski definition) is 1. The maximum absolute atomic E-state index is 11.3. The van der Waals surface area contributed by atoms with Gasteiger partial charge < -0.3 is 10.1 Å². The first-order valence-corrected chi connectivity index (χ1v) is 7.24. The summed E-state index contributed by atoms with van der Waals surface area (Å²) >= 11 is 0. The Hall–Kier alpha value is -0.130. The van der Waals surface area contributed by atoms with E-state index in [4.69, 9.17) is 4.74 Å². The van der Waals surface area contributed by atoms with Crippen LogP contribution in [-0.2, 0) is 14.6 Å². The summed E-state index contributed by atoms with van der Waals surface area (Å²) in [7, 11) is -1.17. The molecule has 0 fully saturated rings. The molecular formula is C10H23NO3S. The summed E-state index contributed by atoms with van der Waals surface area (Å²) in [6, 6.07) is 0. The Morgan fingerprint density at radius 2 is 2.00 bits per heavy atom. The Morgan fingerprint density at radius 1 is 1.33 bits per heavy atom. The van der Waals surface area contributed by atoms with Crippen LogP contribution in [-0.4, -0.2) is 46.7 Å². The number of nitrogens with one attached hydrogen (secondary N) is 1. The van der Waals surface area contributed by atoms with Crippen molar-refractivity contribution in [1.82, 2.24) is 5.32 Å². The zero-order valence-corrected chi connectivity index (χ0v) is 10.8. The van der Waals surface area contributed by atoms with Crippen LogP contribution < -0.4 is 5.32 Å². The molecule has 15 heavy (non-hydrogen) atoms. The molecule has 1 N–H and O–H groups in total. The molecule has 0 saturated heterocycles. The molecule has 0 saturated carbocycles. The zero-order chi connectivity index (χ0) is 11.7. The molecule has 0 bridgehead atoms. The molecule has 0 aromatic rings. The molecule has 0 aromatic heterocycles. The Bertz CT molecular complexity index is 239. The Labute approximate surface area is 93.3 Å². The fourth-order valence-electron chi connectivity index (χ4n) is 1.33. The number of ether oxygens (including phenoxy) is 1. The summed E-state index contributed by atoms with van der Waals surface area (Å²) in [5.74, 6) is 0.951. The average molecular weight is 237 g/mol. The molecule has 0 spiro atoms. The molecule has 1 unspecified atom stereocenters. The van der Waals surface area contributed by atoms with Gasteiger partial charge in [-0.15, -0.1) is 0 Å². The van der Waals surface area contributed by atoms with Crippen molar-refractivity contribution in [2.75, 3.05) is 38.3 Å². The molecular weight excluding hydrogens is 214 g/mol. The van der Waals surface area contributed by atoms with Crippen molar-refractivity contribution < 1.29 is 13.2 Å². The van der Waals surface area contributed by atoms with E-state index in [1.165, 1.54) is 0 Å². The number of sulfone groups is 1. The van der Waals surface area contributed by atoms with Crippen molar-refractivity contribution in [3.63, 3.8) is 0 Å². The van der Waals surface area contributed by atoms with Gasteiger partial charge in [0.05, 0.1) is 5.75 Å². The lowest BCUT2D eigenvalue weighted by molar-refractivity contribution is 0.159. The van der Waals surface area contributed by atoms with Crippen molar-refractivity contribution in [2.45, 2.75) is 20.3 Å². The van der Waals surface area contributed by atoms with Crippen molar-refractivity contribution in [2.24, 2.45) is 5.92 Å². The van der Waals surface area contributed by atoms with E-state index in [1.54, 1.807) is 7.11 Å². The molecule has 0 amide bonds. The van der Waals surface area contributed by atoms with E-state index in [0.717, 1.165) is 6.54 Å². The van der Waals surface area contributed by atoms with Gasteiger partial charge in [0.25, 0.3) is 0 Å². The van der Waals surface area contributed by atoms with Crippen LogP contribution in [0.1, 0.15) is 20.3 Å². The van der Waals surface area contributed by atoms with Crippen molar-refractivity contribution >= 4 is 9.84 Å². The van der Waals surface area contributed by atoms with Crippen LogP contribution in [0.4, 0.5) is 0 Å². The standard InChI is InChI=1S/C10H23NO3S/c1-4-6-15(12,13)7-5-11-8-10(2)9-14-3/h10-11H,4-9H2,1-3H3. The minimum absolute atomic E-state index is 0.237. The first-order chi connectivity index (χ1) is 7.02. The van der Waals surface area contributed by atoms with Crippen LogP contribution in [0.5, 0.6) is 0 Å². The number of methoxy groups -OCH3 is 1. The Kier molecular flexibility index (Phi) is 8.00. The number of hydrogen-bond acceptors (Lipinski definition) is 4. The van der Waals surface area contributed by atoms with Crippen LogP contribution in [0.2, 0.25) is 0 Å². The fourth-order valence-corrected chi connectivity index (χ4v) is 2.61. The smallest absolute Gasteiger partial charge is 0.151 e. The molecule has 1 atom stereocenters. The van der Waals surface area contributed by atoms with Gasteiger partial charge in [-0.3, -0.25) is 0 Å². The topological polar surface area (TPSA) is 55.4 Å². The first kappa shape index (κ1) is 14.9. The summed E-state index contributed by atoms with van der Waals surface area (Å²) < 4.78 is 27.7. The first-order valence-electron chi connectivity index (χ1n) is 5.42. The lowest BCUT2D eigenvalue weighted by Crippen LogP contribution is -2.29. The van der Waals surface area contributed by atoms with Gasteiger partial charge in [-0.2, -0.15) is 0 Å². The molecule has 0 aliphatic carbocycles. The van der Waals surface area contributed by atoms with Crippen molar-refractivity contribution in [1.29, 1.82) is 0 Å². The van der Waals surface area contributed by atoms with E-state index in [0.29, 0.717) is 31.2 Å². The third-order valence-corrected chi connectivity index (χ3v) is 3.91. The van der Waals surface area contributed by atoms with Gasteiger partial charge in [0, 0.05) is 26.0 Å². The molecule has 92 valence electrons. The van der Waals surface area contributed by atoms with Gasteiger partial charge in [-0.25, -0.2) is 8.42 Å². The highest BCUT2D eigenvalue weighted by molar-refractivity contribution is 7.91. The van der Waals surface area contributed by atoms with Gasteiger partial charge in [0.2, 0.25) is 0 Å². The molecule has 5 heteroatoms. The van der Waals surface area contributed by atoms with E-state index in [9.17, 15) is 8.42 Å². The second-order valence-electron chi connectivity index (χ2n) is 3.92. The van der Waals surface area contributed by atoms with Crippen molar-refractivity contribution in [3.05, 3.63) is 0 Å². The monoisotopic (exact) mass is 237 g/mol. The largest absolute Gasteiger partial charge is 0.384 e. The van der Waals surface area contributed by atoms with Gasteiger partial charge in [-0.1, -0.05) is 13.8 Å². The highest BCUT2D eigenvalue weighted by Gasteiger charge is 2.08. The van der Waals surface area contributed by atoms with Gasteiger partial charge in [-0.05, 0) is 18.9 Å². The molecule has 0 heterocycles. The predicted octanol–water partition coefficient (Wildman–Crippen LogP) is 0.683. The van der Waals surface area contributed by atoms with Gasteiger partial charge in [0.15, 0.2) is 9.84 Å². The predicted molar refractivity (Wildman–Crippen MR) is 62.9 cm³/mol. The van der Waals surface area contributed by atoms with Crippen LogP contribution in [0.15, 0.2) is 0 Å². The lowest BCUT2D eigenvalue weighted by Gasteiger charge is -2.11. The summed E-state index contributed by atoms with van der Waals surface area (Å²) in [6.45, 7) is 5.99. The minimum Gasteiger partial charge on any atom is -0.384 e. The van der Waals surface area contributed by atoms with E-state index >= 15 is 0 Å². The summed E-state index contributed by atoms with van der Waals surface area (Å²) in [4.78, 5) is 0. The average Bonchev–Trinajstić information content (AvgIpc) is 2.13. The van der Waals surface area contributed by atoms with Crippen molar-refractivity contribution in [3.8, 4) is 0 Å². The summed E-state index contributed by atoms with van der Waals surface area (Å²) in [5.41, 5.74) is 0. The molecule has 0 aliphatic rings.